The minimum atomic E-state index is -0.344. The molecule has 4 heteroatoms. The standard InChI is InChI=1S/C23H33N3O/c1-15-21(17-7-11-19(12-8-17)25(3)4)24-22(16(2)23(15)27)18-9-13-20(14-10-18)26(5)6/h7-16,21-24,27H,1-6H3/t15-,16-,21-,22+,23?/m1/s1. The van der Waals surface area contributed by atoms with E-state index in [0.717, 1.165) is 0 Å². The molecule has 1 unspecified atom stereocenters. The summed E-state index contributed by atoms with van der Waals surface area (Å²) < 4.78 is 0. The molecule has 1 heterocycles. The number of rotatable bonds is 4. The summed E-state index contributed by atoms with van der Waals surface area (Å²) in [6.07, 6.45) is -0.344. The normalized spacial score (nSPS) is 28.0. The van der Waals surface area contributed by atoms with Crippen LogP contribution in [0.25, 0.3) is 0 Å². The first-order valence-corrected chi connectivity index (χ1v) is 9.78. The Hall–Kier alpha value is -2.04. The number of nitrogens with one attached hydrogen (secondary N) is 1. The van der Waals surface area contributed by atoms with E-state index in [-0.39, 0.29) is 30.0 Å². The van der Waals surface area contributed by atoms with E-state index < -0.39 is 0 Å². The quantitative estimate of drug-likeness (QED) is 0.861. The molecule has 0 saturated carbocycles. The number of hydrogen-bond donors (Lipinski definition) is 2. The fourth-order valence-electron chi connectivity index (χ4n) is 4.13. The molecule has 4 nitrogen and oxygen atoms in total. The highest BCUT2D eigenvalue weighted by atomic mass is 16.3. The van der Waals surface area contributed by atoms with Gasteiger partial charge in [0.25, 0.3) is 0 Å². The van der Waals surface area contributed by atoms with Gasteiger partial charge in [0.1, 0.15) is 0 Å². The fraction of sp³-hybridized carbons (Fsp3) is 0.478. The molecule has 146 valence electrons. The van der Waals surface area contributed by atoms with Crippen LogP contribution in [0, 0.1) is 11.8 Å². The molecule has 0 bridgehead atoms. The second kappa shape index (κ2) is 7.91. The predicted molar refractivity (Wildman–Crippen MR) is 114 cm³/mol. The van der Waals surface area contributed by atoms with Crippen LogP contribution < -0.4 is 15.1 Å². The number of aliphatic hydroxyl groups is 1. The summed E-state index contributed by atoms with van der Waals surface area (Å²) in [6, 6.07) is 17.6. The van der Waals surface area contributed by atoms with E-state index in [1.807, 2.05) is 0 Å². The van der Waals surface area contributed by atoms with Crippen molar-refractivity contribution in [2.75, 3.05) is 38.0 Å². The molecule has 2 aromatic carbocycles. The molecule has 0 spiro atoms. The zero-order valence-electron chi connectivity index (χ0n) is 17.3. The lowest BCUT2D eigenvalue weighted by atomic mass is 9.75. The van der Waals surface area contributed by atoms with Crippen LogP contribution in [-0.4, -0.2) is 39.4 Å². The molecular formula is C23H33N3O. The number of anilines is 2. The van der Waals surface area contributed by atoms with E-state index in [1.54, 1.807) is 0 Å². The zero-order valence-corrected chi connectivity index (χ0v) is 17.3. The minimum absolute atomic E-state index is 0.130. The summed E-state index contributed by atoms with van der Waals surface area (Å²) in [7, 11) is 8.20. The van der Waals surface area contributed by atoms with Gasteiger partial charge >= 0.3 is 0 Å². The predicted octanol–water partition coefficient (Wildman–Crippen LogP) is 3.84. The topological polar surface area (TPSA) is 38.7 Å². The summed E-state index contributed by atoms with van der Waals surface area (Å²) >= 11 is 0. The highest BCUT2D eigenvalue weighted by molar-refractivity contribution is 5.48. The molecule has 0 aliphatic carbocycles. The average molecular weight is 368 g/mol. The lowest BCUT2D eigenvalue weighted by Gasteiger charge is -2.44. The van der Waals surface area contributed by atoms with Crippen LogP contribution in [0.5, 0.6) is 0 Å². The van der Waals surface area contributed by atoms with Gasteiger partial charge in [-0.1, -0.05) is 38.1 Å². The molecule has 27 heavy (non-hydrogen) atoms. The average Bonchev–Trinajstić information content (AvgIpc) is 2.66. The molecule has 3 rings (SSSR count). The largest absolute Gasteiger partial charge is 0.392 e. The van der Waals surface area contributed by atoms with Crippen molar-refractivity contribution in [1.29, 1.82) is 0 Å². The first-order chi connectivity index (χ1) is 12.8. The molecule has 5 atom stereocenters. The third kappa shape index (κ3) is 3.97. The SMILES string of the molecule is C[C@H]1C(O)[C@H](C)[C@H](c2ccc(N(C)C)cc2)N[C@@H]1c1ccc(N(C)C)cc1. The number of aliphatic hydroxyl groups excluding tert-OH is 1. The van der Waals surface area contributed by atoms with Gasteiger partial charge in [-0.2, -0.15) is 0 Å². The van der Waals surface area contributed by atoms with E-state index in [0.29, 0.717) is 0 Å². The Balaban J connectivity index is 1.87. The van der Waals surface area contributed by atoms with Crippen LogP contribution in [0.4, 0.5) is 11.4 Å². The molecule has 1 fully saturated rings. The van der Waals surface area contributed by atoms with Crippen molar-refractivity contribution in [3.05, 3.63) is 59.7 Å². The molecular weight excluding hydrogens is 334 g/mol. The van der Waals surface area contributed by atoms with Crippen molar-refractivity contribution in [1.82, 2.24) is 5.32 Å². The lowest BCUT2D eigenvalue weighted by molar-refractivity contribution is -0.00676. The van der Waals surface area contributed by atoms with Crippen molar-refractivity contribution in [3.63, 3.8) is 0 Å². The van der Waals surface area contributed by atoms with Crippen LogP contribution in [-0.2, 0) is 0 Å². The van der Waals surface area contributed by atoms with Gasteiger partial charge in [0.2, 0.25) is 0 Å². The number of nitrogens with zero attached hydrogens (tertiary/aromatic N) is 2. The maximum absolute atomic E-state index is 10.9. The first kappa shape index (κ1) is 19.7. The van der Waals surface area contributed by atoms with Crippen molar-refractivity contribution < 1.29 is 5.11 Å². The molecule has 1 aliphatic rings. The zero-order chi connectivity index (χ0) is 19.7. The van der Waals surface area contributed by atoms with Crippen LogP contribution in [0.15, 0.2) is 48.5 Å². The lowest BCUT2D eigenvalue weighted by Crippen LogP contribution is -2.48. The van der Waals surface area contributed by atoms with E-state index >= 15 is 0 Å². The van der Waals surface area contributed by atoms with Gasteiger partial charge in [-0.15, -0.1) is 0 Å². The Morgan fingerprint density at radius 3 is 1.30 bits per heavy atom. The monoisotopic (exact) mass is 367 g/mol. The minimum Gasteiger partial charge on any atom is -0.392 e. The molecule has 1 saturated heterocycles. The highest BCUT2D eigenvalue weighted by Crippen LogP contribution is 2.41. The van der Waals surface area contributed by atoms with Crippen molar-refractivity contribution >= 4 is 11.4 Å². The fourth-order valence-corrected chi connectivity index (χ4v) is 4.13. The second-order valence-corrected chi connectivity index (χ2v) is 8.30. The molecule has 2 aromatic rings. The van der Waals surface area contributed by atoms with Gasteiger partial charge in [0.05, 0.1) is 6.10 Å². The Bertz CT molecular complexity index is 676. The Morgan fingerprint density at radius 2 is 1.00 bits per heavy atom. The molecule has 1 aliphatic heterocycles. The smallest absolute Gasteiger partial charge is 0.0627 e. The van der Waals surface area contributed by atoms with Crippen LogP contribution in [0.1, 0.15) is 37.1 Å². The highest BCUT2D eigenvalue weighted by Gasteiger charge is 2.40. The maximum Gasteiger partial charge on any atom is 0.0627 e. The van der Waals surface area contributed by atoms with E-state index in [9.17, 15) is 5.11 Å². The van der Waals surface area contributed by atoms with Crippen LogP contribution >= 0.6 is 0 Å². The summed E-state index contributed by atoms with van der Waals surface area (Å²) in [6.45, 7) is 4.29. The van der Waals surface area contributed by atoms with Gasteiger partial charge in [-0.05, 0) is 35.4 Å². The summed E-state index contributed by atoms with van der Waals surface area (Å²) in [4.78, 5) is 4.21. The summed E-state index contributed by atoms with van der Waals surface area (Å²) in [5, 5.41) is 14.8. The number of benzene rings is 2. The van der Waals surface area contributed by atoms with Crippen LogP contribution in [0.3, 0.4) is 0 Å². The second-order valence-electron chi connectivity index (χ2n) is 8.30. The van der Waals surface area contributed by atoms with Gasteiger partial charge in [-0.25, -0.2) is 0 Å². The Labute approximate surface area is 163 Å². The van der Waals surface area contributed by atoms with Crippen molar-refractivity contribution in [2.24, 2.45) is 11.8 Å². The summed E-state index contributed by atoms with van der Waals surface area (Å²) in [5.74, 6) is 0.310. The molecule has 0 amide bonds. The van der Waals surface area contributed by atoms with Gasteiger partial charge in [-0.3, -0.25) is 0 Å². The first-order valence-electron chi connectivity index (χ1n) is 9.78. The Kier molecular flexibility index (Phi) is 5.78. The van der Waals surface area contributed by atoms with E-state index in [1.165, 1.54) is 22.5 Å². The molecule has 0 radical (unpaired) electrons. The van der Waals surface area contributed by atoms with Crippen molar-refractivity contribution in [2.45, 2.75) is 32.0 Å². The molecule has 0 aromatic heterocycles. The van der Waals surface area contributed by atoms with Gasteiger partial charge < -0.3 is 20.2 Å². The number of piperidine rings is 1. The maximum atomic E-state index is 10.9. The summed E-state index contributed by atoms with van der Waals surface area (Å²) in [5.41, 5.74) is 4.84. The van der Waals surface area contributed by atoms with E-state index in [4.69, 9.17) is 0 Å². The van der Waals surface area contributed by atoms with Gasteiger partial charge in [0.15, 0.2) is 0 Å². The third-order valence-electron chi connectivity index (χ3n) is 6.03. The molecule has 2 N–H and O–H groups in total. The van der Waals surface area contributed by atoms with Crippen molar-refractivity contribution in [3.8, 4) is 0 Å². The Morgan fingerprint density at radius 1 is 0.667 bits per heavy atom. The van der Waals surface area contributed by atoms with E-state index in [2.05, 4.69) is 106 Å². The van der Waals surface area contributed by atoms with Gasteiger partial charge in [0, 0.05) is 63.5 Å². The number of hydrogen-bond acceptors (Lipinski definition) is 4. The van der Waals surface area contributed by atoms with Crippen LogP contribution in [0.2, 0.25) is 0 Å². The third-order valence-corrected chi connectivity index (χ3v) is 6.03.